The highest BCUT2D eigenvalue weighted by atomic mass is 32.2. The molecule has 1 heterocycles. The Morgan fingerprint density at radius 3 is 2.58 bits per heavy atom. The molecule has 0 spiro atoms. The van der Waals surface area contributed by atoms with Crippen LogP contribution in [-0.4, -0.2) is 22.4 Å². The van der Waals surface area contributed by atoms with Gasteiger partial charge in [0.15, 0.2) is 5.84 Å². The molecular formula is C19H22N4S. The third-order valence-electron chi connectivity index (χ3n) is 4.27. The first kappa shape index (κ1) is 16.7. The third kappa shape index (κ3) is 4.23. The lowest BCUT2D eigenvalue weighted by Crippen LogP contribution is -2.15. The fraction of sp³-hybridized carbons (Fsp3) is 0.316. The number of aromatic nitrogens is 1. The molecule has 1 aliphatic rings. The van der Waals surface area contributed by atoms with E-state index >= 15 is 0 Å². The molecule has 0 saturated heterocycles. The zero-order valence-corrected chi connectivity index (χ0v) is 14.4. The molecule has 0 radical (unpaired) electrons. The Kier molecular flexibility index (Phi) is 5.64. The van der Waals surface area contributed by atoms with Crippen LogP contribution in [0.4, 0.5) is 0 Å². The second-order valence-electron chi connectivity index (χ2n) is 5.98. The van der Waals surface area contributed by atoms with E-state index in [0.717, 1.165) is 22.7 Å². The summed E-state index contributed by atoms with van der Waals surface area (Å²) in [5.74, 6) is 0.260. The minimum Gasteiger partial charge on any atom is -0.382 e. The molecule has 0 aliphatic heterocycles. The van der Waals surface area contributed by atoms with Crippen LogP contribution >= 0.6 is 11.8 Å². The SMILES string of the molecule is N=CN=C(N)c1cc(-c2ccc(SC3CCCCC3)cc2)ccn1. The second kappa shape index (κ2) is 8.11. The van der Waals surface area contributed by atoms with Crippen molar-refractivity contribution >= 4 is 23.9 Å². The molecule has 1 aliphatic carbocycles. The number of benzene rings is 1. The number of nitrogens with one attached hydrogen (secondary N) is 1. The summed E-state index contributed by atoms with van der Waals surface area (Å²) in [5, 5.41) is 7.78. The van der Waals surface area contributed by atoms with E-state index in [0.29, 0.717) is 5.69 Å². The van der Waals surface area contributed by atoms with Crippen molar-refractivity contribution in [3.8, 4) is 11.1 Å². The molecule has 24 heavy (non-hydrogen) atoms. The van der Waals surface area contributed by atoms with Gasteiger partial charge in [0.1, 0.15) is 12.0 Å². The first-order valence-electron chi connectivity index (χ1n) is 8.32. The highest BCUT2D eigenvalue weighted by Gasteiger charge is 2.14. The second-order valence-corrected chi connectivity index (χ2v) is 7.35. The third-order valence-corrected chi connectivity index (χ3v) is 5.62. The highest BCUT2D eigenvalue weighted by molar-refractivity contribution is 8.00. The predicted molar refractivity (Wildman–Crippen MR) is 102 cm³/mol. The van der Waals surface area contributed by atoms with Crippen molar-refractivity contribution in [3.63, 3.8) is 0 Å². The smallest absolute Gasteiger partial charge is 0.151 e. The van der Waals surface area contributed by atoms with Crippen molar-refractivity contribution in [1.82, 2.24) is 4.98 Å². The van der Waals surface area contributed by atoms with Crippen LogP contribution < -0.4 is 5.73 Å². The Hall–Kier alpha value is -2.14. The summed E-state index contributed by atoms with van der Waals surface area (Å²) in [6.45, 7) is 0. The number of nitrogens with two attached hydrogens (primary N) is 1. The number of pyridine rings is 1. The minimum atomic E-state index is 0.260. The summed E-state index contributed by atoms with van der Waals surface area (Å²) in [6.07, 6.45) is 9.47. The standard InChI is InChI=1S/C19H22N4S/c20-13-23-19(21)18-12-15(10-11-22-18)14-6-8-17(9-7-14)24-16-4-2-1-3-5-16/h6-13,16H,1-5H2,(H3,20,21,23). The molecule has 1 saturated carbocycles. The summed E-state index contributed by atoms with van der Waals surface area (Å²) in [7, 11) is 0. The van der Waals surface area contributed by atoms with Gasteiger partial charge in [-0.25, -0.2) is 4.99 Å². The Labute approximate surface area is 147 Å². The Balaban J connectivity index is 1.74. The van der Waals surface area contributed by atoms with E-state index in [-0.39, 0.29) is 5.84 Å². The van der Waals surface area contributed by atoms with Crippen molar-refractivity contribution < 1.29 is 0 Å². The lowest BCUT2D eigenvalue weighted by molar-refractivity contribution is 0.516. The summed E-state index contributed by atoms with van der Waals surface area (Å²) in [5.41, 5.74) is 8.59. The van der Waals surface area contributed by atoms with Gasteiger partial charge >= 0.3 is 0 Å². The lowest BCUT2D eigenvalue weighted by atomic mass is 10.0. The monoisotopic (exact) mass is 338 g/mol. The lowest BCUT2D eigenvalue weighted by Gasteiger charge is -2.20. The Bertz CT molecular complexity index is 718. The van der Waals surface area contributed by atoms with E-state index < -0.39 is 0 Å². The van der Waals surface area contributed by atoms with Gasteiger partial charge in [-0.2, -0.15) is 0 Å². The molecule has 0 atom stereocenters. The van der Waals surface area contributed by atoms with Crippen molar-refractivity contribution in [3.05, 3.63) is 48.3 Å². The number of hydrogen-bond donors (Lipinski definition) is 2. The molecular weight excluding hydrogens is 316 g/mol. The predicted octanol–water partition coefficient (Wildman–Crippen LogP) is 4.49. The van der Waals surface area contributed by atoms with Gasteiger partial charge in [0.05, 0.1) is 0 Å². The van der Waals surface area contributed by atoms with E-state index in [1.165, 1.54) is 37.0 Å². The normalized spacial score (nSPS) is 16.1. The maximum absolute atomic E-state index is 7.01. The molecule has 5 heteroatoms. The number of rotatable bonds is 5. The number of nitrogens with zero attached hydrogens (tertiary/aromatic N) is 2. The first-order valence-corrected chi connectivity index (χ1v) is 9.20. The van der Waals surface area contributed by atoms with E-state index in [1.807, 2.05) is 23.9 Å². The van der Waals surface area contributed by atoms with Gasteiger partial charge in [0, 0.05) is 16.3 Å². The topological polar surface area (TPSA) is 75.1 Å². The molecule has 2 aromatic rings. The van der Waals surface area contributed by atoms with Crippen LogP contribution in [0.25, 0.3) is 11.1 Å². The van der Waals surface area contributed by atoms with Crippen LogP contribution in [0.2, 0.25) is 0 Å². The molecule has 1 fully saturated rings. The molecule has 0 bridgehead atoms. The van der Waals surface area contributed by atoms with Crippen LogP contribution in [-0.2, 0) is 0 Å². The largest absolute Gasteiger partial charge is 0.382 e. The summed E-state index contributed by atoms with van der Waals surface area (Å²) in [6, 6.07) is 12.6. The van der Waals surface area contributed by atoms with Gasteiger partial charge in [-0.1, -0.05) is 31.4 Å². The summed E-state index contributed by atoms with van der Waals surface area (Å²) < 4.78 is 0. The molecule has 4 nitrogen and oxygen atoms in total. The fourth-order valence-electron chi connectivity index (χ4n) is 2.99. The van der Waals surface area contributed by atoms with Crippen molar-refractivity contribution in [2.75, 3.05) is 0 Å². The van der Waals surface area contributed by atoms with E-state index in [2.05, 4.69) is 34.2 Å². The van der Waals surface area contributed by atoms with Crippen LogP contribution in [0, 0.1) is 5.41 Å². The maximum atomic E-state index is 7.01. The average molecular weight is 338 g/mol. The van der Waals surface area contributed by atoms with Crippen LogP contribution in [0.5, 0.6) is 0 Å². The van der Waals surface area contributed by atoms with Gasteiger partial charge < -0.3 is 5.73 Å². The Morgan fingerprint density at radius 1 is 1.12 bits per heavy atom. The van der Waals surface area contributed by atoms with E-state index in [4.69, 9.17) is 11.1 Å². The molecule has 124 valence electrons. The first-order chi connectivity index (χ1) is 11.8. The van der Waals surface area contributed by atoms with E-state index in [9.17, 15) is 0 Å². The number of thioether (sulfide) groups is 1. The van der Waals surface area contributed by atoms with E-state index in [1.54, 1.807) is 6.20 Å². The quantitative estimate of drug-likeness (QED) is 0.623. The molecule has 1 aromatic heterocycles. The van der Waals surface area contributed by atoms with Crippen LogP contribution in [0.15, 0.2) is 52.5 Å². The maximum Gasteiger partial charge on any atom is 0.151 e. The fourth-order valence-corrected chi connectivity index (χ4v) is 4.23. The molecule has 0 amide bonds. The zero-order valence-electron chi connectivity index (χ0n) is 13.6. The van der Waals surface area contributed by atoms with Gasteiger partial charge in [-0.3, -0.25) is 10.4 Å². The van der Waals surface area contributed by atoms with Crippen molar-refractivity contribution in [2.45, 2.75) is 42.2 Å². The van der Waals surface area contributed by atoms with Crippen molar-refractivity contribution in [2.24, 2.45) is 10.7 Å². The highest BCUT2D eigenvalue weighted by Crippen LogP contribution is 2.34. The van der Waals surface area contributed by atoms with Gasteiger partial charge in [0.25, 0.3) is 0 Å². The van der Waals surface area contributed by atoms with Gasteiger partial charge in [-0.15, -0.1) is 11.8 Å². The molecule has 3 N–H and O–H groups in total. The minimum absolute atomic E-state index is 0.260. The molecule has 0 unspecified atom stereocenters. The summed E-state index contributed by atoms with van der Waals surface area (Å²) >= 11 is 2.01. The summed E-state index contributed by atoms with van der Waals surface area (Å²) in [4.78, 5) is 9.33. The average Bonchev–Trinajstić information content (AvgIpc) is 2.63. The molecule has 3 rings (SSSR count). The zero-order chi connectivity index (χ0) is 16.8. The van der Waals surface area contributed by atoms with Gasteiger partial charge in [-0.05, 0) is 48.2 Å². The van der Waals surface area contributed by atoms with Crippen molar-refractivity contribution in [1.29, 1.82) is 5.41 Å². The molecule has 1 aromatic carbocycles. The number of aliphatic imine (C=N–C) groups is 1. The Morgan fingerprint density at radius 2 is 1.88 bits per heavy atom. The van der Waals surface area contributed by atoms with Crippen LogP contribution in [0.1, 0.15) is 37.8 Å². The van der Waals surface area contributed by atoms with Gasteiger partial charge in [0.2, 0.25) is 0 Å². The van der Waals surface area contributed by atoms with Crippen LogP contribution in [0.3, 0.4) is 0 Å². The number of hydrogen-bond acceptors (Lipinski definition) is 3. The number of amidine groups is 1.